The topological polar surface area (TPSA) is 136 Å². The average Bonchev–Trinajstić information content (AvgIpc) is 3.54. The number of fused-ring (bicyclic) bond motifs is 1. The summed E-state index contributed by atoms with van der Waals surface area (Å²) in [5, 5.41) is 33.0. The highest BCUT2D eigenvalue weighted by Gasteiger charge is 2.38. The van der Waals surface area contributed by atoms with Crippen LogP contribution in [0.3, 0.4) is 0 Å². The smallest absolute Gasteiger partial charge is 0.270 e. The number of benzene rings is 2. The van der Waals surface area contributed by atoms with Gasteiger partial charge in [-0.05, 0) is 71.8 Å². The van der Waals surface area contributed by atoms with Gasteiger partial charge in [0.15, 0.2) is 5.82 Å². The van der Waals surface area contributed by atoms with Crippen LogP contribution in [0.15, 0.2) is 48.8 Å². The first-order valence-corrected chi connectivity index (χ1v) is 13.2. The molecule has 5 rings (SSSR count). The van der Waals surface area contributed by atoms with Crippen molar-refractivity contribution in [2.45, 2.75) is 32.4 Å². The summed E-state index contributed by atoms with van der Waals surface area (Å²) >= 11 is 0. The van der Waals surface area contributed by atoms with Gasteiger partial charge in [-0.2, -0.15) is 10.5 Å². The summed E-state index contributed by atoms with van der Waals surface area (Å²) in [5.41, 5.74) is 3.18. The predicted octanol–water partition coefficient (Wildman–Crippen LogP) is 4.73. The highest BCUT2D eigenvalue weighted by Crippen LogP contribution is 2.40. The van der Waals surface area contributed by atoms with E-state index < -0.39 is 11.8 Å². The van der Waals surface area contributed by atoms with Crippen molar-refractivity contribution in [3.63, 3.8) is 0 Å². The van der Waals surface area contributed by atoms with E-state index in [9.17, 15) is 18.8 Å². The van der Waals surface area contributed by atoms with Gasteiger partial charge >= 0.3 is 0 Å². The first kappa shape index (κ1) is 28.3. The van der Waals surface area contributed by atoms with E-state index >= 15 is 0 Å². The SMILES string of the molecule is CNCc1cc2c(c(C(C)(F)F)c1)CN(c1cc(-c3cc(C#N)ccc3-c3nncn3C)cc(NCCC#N)n1)C2=O. The number of halogens is 2. The molecular formula is C30H27F2N9O. The minimum absolute atomic E-state index is 0.0881. The Hall–Kier alpha value is -5.20. The summed E-state index contributed by atoms with van der Waals surface area (Å²) in [7, 11) is 3.51. The number of nitrogens with zero attached hydrogens (tertiary/aromatic N) is 7. The molecule has 12 heteroatoms. The Labute approximate surface area is 241 Å². The van der Waals surface area contributed by atoms with Crippen molar-refractivity contribution in [3.05, 3.63) is 76.6 Å². The van der Waals surface area contributed by atoms with E-state index in [2.05, 4.69) is 38.0 Å². The summed E-state index contributed by atoms with van der Waals surface area (Å²) < 4.78 is 31.2. The number of anilines is 2. The Morgan fingerprint density at radius 1 is 1.10 bits per heavy atom. The molecule has 2 aromatic heterocycles. The Bertz CT molecular complexity index is 1760. The second-order valence-corrected chi connectivity index (χ2v) is 10.1. The zero-order chi connectivity index (χ0) is 30.0. The number of rotatable bonds is 9. The maximum atomic E-state index is 14.8. The van der Waals surface area contributed by atoms with Gasteiger partial charge in [-0.3, -0.25) is 9.69 Å². The van der Waals surface area contributed by atoms with Gasteiger partial charge in [-0.25, -0.2) is 13.8 Å². The molecule has 1 aliphatic rings. The molecule has 212 valence electrons. The molecule has 1 amide bonds. The number of alkyl halides is 2. The minimum Gasteiger partial charge on any atom is -0.369 e. The van der Waals surface area contributed by atoms with Crippen LogP contribution in [0.4, 0.5) is 20.4 Å². The fourth-order valence-electron chi connectivity index (χ4n) is 5.07. The fourth-order valence-corrected chi connectivity index (χ4v) is 5.07. The molecule has 42 heavy (non-hydrogen) atoms. The van der Waals surface area contributed by atoms with Crippen molar-refractivity contribution >= 4 is 17.5 Å². The molecule has 10 nitrogen and oxygen atoms in total. The van der Waals surface area contributed by atoms with E-state index in [1.54, 1.807) is 61.4 Å². The van der Waals surface area contributed by atoms with Gasteiger partial charge in [0.05, 0.1) is 30.7 Å². The molecule has 0 aliphatic carbocycles. The van der Waals surface area contributed by atoms with Crippen molar-refractivity contribution in [2.75, 3.05) is 23.8 Å². The van der Waals surface area contributed by atoms with E-state index in [0.717, 1.165) is 6.92 Å². The van der Waals surface area contributed by atoms with Crippen LogP contribution >= 0.6 is 0 Å². The largest absolute Gasteiger partial charge is 0.369 e. The first-order valence-electron chi connectivity index (χ1n) is 13.2. The van der Waals surface area contributed by atoms with Gasteiger partial charge in [-0.1, -0.05) is 0 Å². The number of hydrogen-bond donors (Lipinski definition) is 2. The van der Waals surface area contributed by atoms with Crippen LogP contribution in [0.1, 0.15) is 46.0 Å². The average molecular weight is 568 g/mol. The number of pyridine rings is 1. The van der Waals surface area contributed by atoms with Crippen LogP contribution in [-0.4, -0.2) is 39.2 Å². The molecule has 4 aromatic rings. The molecule has 0 bridgehead atoms. The second kappa shape index (κ2) is 11.4. The summed E-state index contributed by atoms with van der Waals surface area (Å²) in [6.45, 7) is 1.36. The van der Waals surface area contributed by atoms with Gasteiger partial charge in [-0.15, -0.1) is 10.2 Å². The first-order chi connectivity index (χ1) is 20.1. The maximum absolute atomic E-state index is 14.8. The Morgan fingerprint density at radius 3 is 2.57 bits per heavy atom. The van der Waals surface area contributed by atoms with Crippen molar-refractivity contribution in [2.24, 2.45) is 7.05 Å². The molecular weight excluding hydrogens is 540 g/mol. The van der Waals surface area contributed by atoms with Gasteiger partial charge in [0, 0.05) is 43.8 Å². The van der Waals surface area contributed by atoms with E-state index in [1.807, 2.05) is 0 Å². The molecule has 1 aliphatic heterocycles. The zero-order valence-corrected chi connectivity index (χ0v) is 23.2. The molecule has 0 unspecified atom stereocenters. The van der Waals surface area contributed by atoms with Crippen molar-refractivity contribution in [3.8, 4) is 34.7 Å². The number of amides is 1. The van der Waals surface area contributed by atoms with Gasteiger partial charge < -0.3 is 15.2 Å². The lowest BCUT2D eigenvalue weighted by Crippen LogP contribution is -2.24. The Morgan fingerprint density at radius 2 is 1.90 bits per heavy atom. The summed E-state index contributed by atoms with van der Waals surface area (Å²) in [5.74, 6) is -2.43. The van der Waals surface area contributed by atoms with Crippen LogP contribution in [0.2, 0.25) is 0 Å². The van der Waals surface area contributed by atoms with Crippen molar-refractivity contribution < 1.29 is 13.6 Å². The molecule has 0 atom stereocenters. The highest BCUT2D eigenvalue weighted by molar-refractivity contribution is 6.10. The quantitative estimate of drug-likeness (QED) is 0.277. The molecule has 0 saturated carbocycles. The van der Waals surface area contributed by atoms with Gasteiger partial charge in [0.25, 0.3) is 11.8 Å². The predicted molar refractivity (Wildman–Crippen MR) is 152 cm³/mol. The summed E-state index contributed by atoms with van der Waals surface area (Å²) in [6, 6.07) is 15.9. The lowest BCUT2D eigenvalue weighted by atomic mass is 9.95. The lowest BCUT2D eigenvalue weighted by Gasteiger charge is -2.19. The Kier molecular flexibility index (Phi) is 7.66. The lowest BCUT2D eigenvalue weighted by molar-refractivity contribution is 0.0165. The Balaban J connectivity index is 1.66. The third kappa shape index (κ3) is 5.40. The number of hydrogen-bond acceptors (Lipinski definition) is 8. The number of aryl methyl sites for hydroxylation is 1. The third-order valence-corrected chi connectivity index (χ3v) is 7.00. The van der Waals surface area contributed by atoms with E-state index in [4.69, 9.17) is 5.26 Å². The van der Waals surface area contributed by atoms with Gasteiger partial charge in [0.1, 0.15) is 18.0 Å². The molecule has 2 N–H and O–H groups in total. The van der Waals surface area contributed by atoms with Crippen LogP contribution in [-0.2, 0) is 26.1 Å². The number of nitrogens with one attached hydrogen (secondary N) is 2. The number of aromatic nitrogens is 4. The summed E-state index contributed by atoms with van der Waals surface area (Å²) in [6.07, 6.45) is 1.78. The molecule has 3 heterocycles. The van der Waals surface area contributed by atoms with Crippen molar-refractivity contribution in [1.82, 2.24) is 25.1 Å². The van der Waals surface area contributed by atoms with Crippen LogP contribution in [0, 0.1) is 22.7 Å². The number of nitriles is 2. The standard InChI is InChI=1S/C30H27F2N9O/c1-30(31,32)25-11-19(15-35-2)10-23-24(25)16-41(29(23)42)27-13-20(12-26(38-27)36-8-4-7-33)22-9-18(14-34)5-6-21(22)28-39-37-17-40(28)3/h5-6,9-13,17,35H,4,8,15-16H2,1-3H3,(H,36,38). The molecule has 0 spiro atoms. The maximum Gasteiger partial charge on any atom is 0.270 e. The fraction of sp³-hybridized carbons (Fsp3) is 0.267. The molecule has 2 aromatic carbocycles. The normalized spacial score (nSPS) is 12.6. The van der Waals surface area contributed by atoms with Gasteiger partial charge in [0.2, 0.25) is 0 Å². The van der Waals surface area contributed by atoms with Crippen LogP contribution in [0.25, 0.3) is 22.5 Å². The summed E-state index contributed by atoms with van der Waals surface area (Å²) in [4.78, 5) is 19.8. The van der Waals surface area contributed by atoms with E-state index in [-0.39, 0.29) is 35.5 Å². The molecule has 0 radical (unpaired) electrons. The monoisotopic (exact) mass is 567 g/mol. The van der Waals surface area contributed by atoms with E-state index in [0.29, 0.717) is 52.5 Å². The van der Waals surface area contributed by atoms with Crippen LogP contribution < -0.4 is 15.5 Å². The van der Waals surface area contributed by atoms with E-state index in [1.165, 1.54) is 11.0 Å². The molecule has 0 fully saturated rings. The second-order valence-electron chi connectivity index (χ2n) is 10.1. The van der Waals surface area contributed by atoms with Crippen molar-refractivity contribution in [1.29, 1.82) is 10.5 Å². The molecule has 0 saturated heterocycles. The highest BCUT2D eigenvalue weighted by atomic mass is 19.3. The number of carbonyl (C=O) groups is 1. The minimum atomic E-state index is -3.16. The third-order valence-electron chi connectivity index (χ3n) is 7.00. The zero-order valence-electron chi connectivity index (χ0n) is 23.2. The van der Waals surface area contributed by atoms with Crippen LogP contribution in [0.5, 0.6) is 0 Å². The number of carbonyl (C=O) groups excluding carboxylic acids is 1.